The number of hydrogen-bond acceptors (Lipinski definition) is 1. The number of hydrogen-bond donors (Lipinski definition) is 1. The third kappa shape index (κ3) is 2.88. The number of aliphatic hydroxyl groups is 1. The van der Waals surface area contributed by atoms with Crippen molar-refractivity contribution in [3.05, 3.63) is 107 Å². The van der Waals surface area contributed by atoms with Crippen LogP contribution in [0.3, 0.4) is 0 Å². The molecule has 3 aromatic rings. The molecule has 0 aliphatic carbocycles. The predicted molar refractivity (Wildman–Crippen MR) is 86.2 cm³/mol. The molecule has 0 atom stereocenters. The van der Waals surface area contributed by atoms with Crippen molar-refractivity contribution in [3.63, 3.8) is 0 Å². The molecule has 21 heavy (non-hydrogen) atoms. The largest absolute Gasteiger partial charge is 0.392 e. The van der Waals surface area contributed by atoms with E-state index < -0.39 is 0 Å². The van der Waals surface area contributed by atoms with E-state index in [1.54, 1.807) is 0 Å². The van der Waals surface area contributed by atoms with Gasteiger partial charge in [0, 0.05) is 5.92 Å². The number of rotatable bonds is 4. The Morgan fingerprint density at radius 1 is 0.619 bits per heavy atom. The van der Waals surface area contributed by atoms with Gasteiger partial charge < -0.3 is 5.11 Å². The highest BCUT2D eigenvalue weighted by Gasteiger charge is 2.18. The van der Waals surface area contributed by atoms with Crippen LogP contribution in [0.15, 0.2) is 84.9 Å². The quantitative estimate of drug-likeness (QED) is 0.701. The molecule has 0 heterocycles. The summed E-state index contributed by atoms with van der Waals surface area (Å²) in [7, 11) is 0. The van der Waals surface area contributed by atoms with Crippen LogP contribution >= 0.6 is 0 Å². The molecular weight excluding hydrogens is 256 g/mol. The van der Waals surface area contributed by atoms with Gasteiger partial charge in [-0.05, 0) is 22.3 Å². The second-order valence-electron chi connectivity index (χ2n) is 5.11. The van der Waals surface area contributed by atoms with Crippen molar-refractivity contribution in [2.24, 2.45) is 0 Å². The first kappa shape index (κ1) is 13.6. The fraction of sp³-hybridized carbons (Fsp3) is 0.100. The fourth-order valence-corrected chi connectivity index (χ4v) is 2.80. The van der Waals surface area contributed by atoms with E-state index in [0.29, 0.717) is 0 Å². The molecule has 1 heteroatoms. The van der Waals surface area contributed by atoms with Gasteiger partial charge in [-0.25, -0.2) is 0 Å². The third-order valence-corrected chi connectivity index (χ3v) is 3.80. The van der Waals surface area contributed by atoms with Gasteiger partial charge in [0.05, 0.1) is 6.61 Å². The SMILES string of the molecule is OCc1ccccc1C(c1ccccc1)c1ccccc1. The predicted octanol–water partition coefficient (Wildman–Crippen LogP) is 4.36. The topological polar surface area (TPSA) is 20.2 Å². The summed E-state index contributed by atoms with van der Waals surface area (Å²) in [5, 5.41) is 9.66. The van der Waals surface area contributed by atoms with Gasteiger partial charge >= 0.3 is 0 Å². The van der Waals surface area contributed by atoms with Crippen LogP contribution < -0.4 is 0 Å². The summed E-state index contributed by atoms with van der Waals surface area (Å²) >= 11 is 0. The number of benzene rings is 3. The minimum atomic E-state index is 0.0618. The molecule has 3 rings (SSSR count). The minimum Gasteiger partial charge on any atom is -0.392 e. The van der Waals surface area contributed by atoms with Crippen LogP contribution in [0, 0.1) is 0 Å². The number of aliphatic hydroxyl groups excluding tert-OH is 1. The Bertz CT molecular complexity index is 650. The van der Waals surface area contributed by atoms with E-state index in [1.165, 1.54) is 11.1 Å². The molecule has 0 radical (unpaired) electrons. The summed E-state index contributed by atoms with van der Waals surface area (Å²) in [6, 6.07) is 29.0. The van der Waals surface area contributed by atoms with Crippen LogP contribution in [0.1, 0.15) is 28.2 Å². The molecule has 0 amide bonds. The van der Waals surface area contributed by atoms with Gasteiger partial charge in [-0.1, -0.05) is 84.9 Å². The van der Waals surface area contributed by atoms with Gasteiger partial charge in [0.2, 0.25) is 0 Å². The van der Waals surface area contributed by atoms with E-state index >= 15 is 0 Å². The zero-order valence-corrected chi connectivity index (χ0v) is 11.8. The first-order valence-electron chi connectivity index (χ1n) is 7.18. The van der Waals surface area contributed by atoms with Crippen molar-refractivity contribution < 1.29 is 5.11 Å². The molecule has 0 fully saturated rings. The van der Waals surface area contributed by atoms with Crippen LogP contribution in [-0.2, 0) is 6.61 Å². The Kier molecular flexibility index (Phi) is 4.13. The molecule has 0 aromatic heterocycles. The summed E-state index contributed by atoms with van der Waals surface area (Å²) < 4.78 is 0. The Morgan fingerprint density at radius 2 is 1.10 bits per heavy atom. The highest BCUT2D eigenvalue weighted by molar-refractivity contribution is 5.46. The molecule has 0 saturated carbocycles. The van der Waals surface area contributed by atoms with E-state index in [2.05, 4.69) is 54.6 Å². The average molecular weight is 274 g/mol. The smallest absolute Gasteiger partial charge is 0.0684 e. The van der Waals surface area contributed by atoms with Crippen molar-refractivity contribution in [1.82, 2.24) is 0 Å². The Morgan fingerprint density at radius 3 is 1.62 bits per heavy atom. The lowest BCUT2D eigenvalue weighted by atomic mass is 9.83. The molecule has 0 saturated heterocycles. The molecule has 0 spiro atoms. The Balaban J connectivity index is 2.17. The monoisotopic (exact) mass is 274 g/mol. The first-order chi connectivity index (χ1) is 10.4. The lowest BCUT2D eigenvalue weighted by molar-refractivity contribution is 0.280. The fourth-order valence-electron chi connectivity index (χ4n) is 2.80. The Hall–Kier alpha value is -2.38. The second kappa shape index (κ2) is 6.38. The standard InChI is InChI=1S/C20H18O/c21-15-18-13-7-8-14-19(18)20(16-9-3-1-4-10-16)17-11-5-2-6-12-17/h1-14,20-21H,15H2. The van der Waals surface area contributed by atoms with Crippen molar-refractivity contribution in [2.45, 2.75) is 12.5 Å². The molecule has 0 bridgehead atoms. The highest BCUT2D eigenvalue weighted by Crippen LogP contribution is 2.33. The van der Waals surface area contributed by atoms with Gasteiger partial charge in [0.15, 0.2) is 0 Å². The van der Waals surface area contributed by atoms with Crippen molar-refractivity contribution in [2.75, 3.05) is 0 Å². The molecule has 1 nitrogen and oxygen atoms in total. The van der Waals surface area contributed by atoms with E-state index in [-0.39, 0.29) is 12.5 Å². The van der Waals surface area contributed by atoms with Crippen LogP contribution in [0.5, 0.6) is 0 Å². The van der Waals surface area contributed by atoms with E-state index in [9.17, 15) is 5.11 Å². The molecule has 1 N–H and O–H groups in total. The molecular formula is C20H18O. The summed E-state index contributed by atoms with van der Waals surface area (Å²) in [5.74, 6) is 0.149. The maximum absolute atomic E-state index is 9.66. The minimum absolute atomic E-state index is 0.0618. The van der Waals surface area contributed by atoms with Gasteiger partial charge in [-0.2, -0.15) is 0 Å². The van der Waals surface area contributed by atoms with Gasteiger partial charge in [-0.15, -0.1) is 0 Å². The maximum atomic E-state index is 9.66. The maximum Gasteiger partial charge on any atom is 0.0684 e. The summed E-state index contributed by atoms with van der Waals surface area (Å²) in [4.78, 5) is 0. The first-order valence-corrected chi connectivity index (χ1v) is 7.18. The third-order valence-electron chi connectivity index (χ3n) is 3.80. The van der Waals surface area contributed by atoms with Crippen molar-refractivity contribution in [3.8, 4) is 0 Å². The summed E-state index contributed by atoms with van der Waals surface area (Å²) in [6.45, 7) is 0.0618. The summed E-state index contributed by atoms with van der Waals surface area (Å²) in [6.07, 6.45) is 0. The van der Waals surface area contributed by atoms with Gasteiger partial charge in [0.25, 0.3) is 0 Å². The van der Waals surface area contributed by atoms with Crippen LogP contribution in [0.2, 0.25) is 0 Å². The molecule has 0 aliphatic rings. The summed E-state index contributed by atoms with van der Waals surface area (Å²) in [5.41, 5.74) is 4.63. The zero-order valence-electron chi connectivity index (χ0n) is 11.8. The molecule has 0 unspecified atom stereocenters. The van der Waals surface area contributed by atoms with Gasteiger partial charge in [-0.3, -0.25) is 0 Å². The zero-order chi connectivity index (χ0) is 14.5. The Labute approximate surface area is 125 Å². The van der Waals surface area contributed by atoms with Gasteiger partial charge in [0.1, 0.15) is 0 Å². The van der Waals surface area contributed by atoms with Crippen LogP contribution in [0.25, 0.3) is 0 Å². The van der Waals surface area contributed by atoms with Crippen molar-refractivity contribution >= 4 is 0 Å². The van der Waals surface area contributed by atoms with E-state index in [1.807, 2.05) is 30.3 Å². The van der Waals surface area contributed by atoms with Crippen LogP contribution in [0.4, 0.5) is 0 Å². The average Bonchev–Trinajstić information content (AvgIpc) is 2.58. The van der Waals surface area contributed by atoms with Crippen molar-refractivity contribution in [1.29, 1.82) is 0 Å². The highest BCUT2D eigenvalue weighted by atomic mass is 16.3. The lowest BCUT2D eigenvalue weighted by Crippen LogP contribution is -2.06. The molecule has 104 valence electrons. The second-order valence-corrected chi connectivity index (χ2v) is 5.11. The van der Waals surface area contributed by atoms with E-state index in [4.69, 9.17) is 0 Å². The normalized spacial score (nSPS) is 10.8. The van der Waals surface area contributed by atoms with Crippen LogP contribution in [-0.4, -0.2) is 5.11 Å². The molecule has 0 aliphatic heterocycles. The van der Waals surface area contributed by atoms with E-state index in [0.717, 1.165) is 11.1 Å². The molecule has 3 aromatic carbocycles. The lowest BCUT2D eigenvalue weighted by Gasteiger charge is -2.21.